The van der Waals surface area contributed by atoms with E-state index < -0.39 is 5.82 Å². The van der Waals surface area contributed by atoms with Crippen molar-refractivity contribution in [3.63, 3.8) is 0 Å². The summed E-state index contributed by atoms with van der Waals surface area (Å²) in [6, 6.07) is 10.9. The second-order valence-corrected chi connectivity index (χ2v) is 3.18. The van der Waals surface area contributed by atoms with Crippen LogP contribution in [0.15, 0.2) is 36.5 Å². The van der Waals surface area contributed by atoms with Crippen molar-refractivity contribution < 1.29 is 4.39 Å². The van der Waals surface area contributed by atoms with Crippen molar-refractivity contribution in [2.24, 2.45) is 0 Å². The van der Waals surface area contributed by atoms with Crippen LogP contribution in [-0.4, -0.2) is 4.98 Å². The molecule has 0 fully saturated rings. The van der Waals surface area contributed by atoms with Gasteiger partial charge >= 0.3 is 0 Å². The maximum absolute atomic E-state index is 13.1. The Bertz CT molecular complexity index is 442. The molecule has 0 amide bonds. The fourth-order valence-corrected chi connectivity index (χ4v) is 1.26. The minimum Gasteiger partial charge on any atom is -0.256 e. The topological polar surface area (TPSA) is 12.9 Å². The van der Waals surface area contributed by atoms with E-state index in [1.165, 1.54) is 12.1 Å². The lowest BCUT2D eigenvalue weighted by Crippen LogP contribution is -1.84. The fourth-order valence-electron chi connectivity index (χ4n) is 1.15. The van der Waals surface area contributed by atoms with Gasteiger partial charge in [-0.05, 0) is 18.2 Å². The largest absolute Gasteiger partial charge is 0.256 e. The van der Waals surface area contributed by atoms with Gasteiger partial charge in [-0.3, -0.25) is 4.98 Å². The first-order valence-electron chi connectivity index (χ1n) is 4.05. The van der Waals surface area contributed by atoms with Crippen LogP contribution in [0.1, 0.15) is 0 Å². The van der Waals surface area contributed by atoms with Crippen molar-refractivity contribution in [2.45, 2.75) is 0 Å². The van der Waals surface area contributed by atoms with Gasteiger partial charge in [0.25, 0.3) is 0 Å². The van der Waals surface area contributed by atoms with Gasteiger partial charge in [0.2, 0.25) is 0 Å². The van der Waals surface area contributed by atoms with Gasteiger partial charge in [0.1, 0.15) is 5.82 Å². The summed E-state index contributed by atoms with van der Waals surface area (Å²) in [6.45, 7) is 0. The third-order valence-electron chi connectivity index (χ3n) is 1.83. The van der Waals surface area contributed by atoms with Crippen LogP contribution in [0.25, 0.3) is 11.3 Å². The number of benzene rings is 1. The predicted octanol–water partition coefficient (Wildman–Crippen LogP) is 3.34. The zero-order chi connectivity index (χ0) is 9.97. The molecule has 1 heterocycles. The number of halogens is 2. The van der Waals surface area contributed by atoms with Crippen LogP contribution in [0.2, 0.25) is 5.02 Å². The van der Waals surface area contributed by atoms with Crippen LogP contribution >= 0.6 is 11.6 Å². The van der Waals surface area contributed by atoms with E-state index in [1.54, 1.807) is 24.4 Å². The van der Waals surface area contributed by atoms with E-state index in [0.29, 0.717) is 11.3 Å². The SMILES string of the molecule is Fc1cc(-c2cc[c]cn2)ccc1Cl. The summed E-state index contributed by atoms with van der Waals surface area (Å²) in [5.41, 5.74) is 1.42. The molecule has 0 saturated heterocycles. The molecule has 0 aliphatic rings. The highest BCUT2D eigenvalue weighted by Crippen LogP contribution is 2.22. The molecule has 0 atom stereocenters. The molecule has 1 nitrogen and oxygen atoms in total. The van der Waals surface area contributed by atoms with Crippen molar-refractivity contribution in [2.75, 3.05) is 0 Å². The lowest BCUT2D eigenvalue weighted by atomic mass is 10.1. The van der Waals surface area contributed by atoms with E-state index >= 15 is 0 Å². The Labute approximate surface area is 86.2 Å². The molecule has 2 rings (SSSR count). The molecular weight excluding hydrogens is 201 g/mol. The predicted molar refractivity (Wildman–Crippen MR) is 53.5 cm³/mol. The summed E-state index contributed by atoms with van der Waals surface area (Å²) in [7, 11) is 0. The average Bonchev–Trinajstić information content (AvgIpc) is 2.23. The highest BCUT2D eigenvalue weighted by Gasteiger charge is 2.03. The zero-order valence-electron chi connectivity index (χ0n) is 7.17. The summed E-state index contributed by atoms with van der Waals surface area (Å²) in [5, 5.41) is 0.122. The summed E-state index contributed by atoms with van der Waals surface area (Å²) in [5.74, 6) is -0.432. The van der Waals surface area contributed by atoms with Crippen molar-refractivity contribution in [1.82, 2.24) is 4.98 Å². The van der Waals surface area contributed by atoms with Crippen molar-refractivity contribution >= 4 is 11.6 Å². The minimum atomic E-state index is -0.432. The van der Waals surface area contributed by atoms with Gasteiger partial charge in [-0.1, -0.05) is 23.7 Å². The van der Waals surface area contributed by atoms with Crippen LogP contribution < -0.4 is 0 Å². The van der Waals surface area contributed by atoms with Gasteiger partial charge in [-0.15, -0.1) is 0 Å². The molecule has 0 aliphatic carbocycles. The molecule has 0 bridgehead atoms. The second kappa shape index (κ2) is 3.76. The van der Waals surface area contributed by atoms with E-state index in [2.05, 4.69) is 11.1 Å². The monoisotopic (exact) mass is 206 g/mol. The quantitative estimate of drug-likeness (QED) is 0.698. The third-order valence-corrected chi connectivity index (χ3v) is 2.14. The van der Waals surface area contributed by atoms with Gasteiger partial charge in [-0.25, -0.2) is 4.39 Å². The first-order valence-corrected chi connectivity index (χ1v) is 4.43. The average molecular weight is 207 g/mol. The lowest BCUT2D eigenvalue weighted by molar-refractivity contribution is 0.628. The molecule has 2 aromatic rings. The van der Waals surface area contributed by atoms with Gasteiger partial charge in [0.05, 0.1) is 10.7 Å². The third kappa shape index (κ3) is 1.75. The number of aromatic nitrogens is 1. The van der Waals surface area contributed by atoms with Gasteiger partial charge in [-0.2, -0.15) is 0 Å². The molecule has 69 valence electrons. The second-order valence-electron chi connectivity index (χ2n) is 2.77. The number of pyridine rings is 1. The Morgan fingerprint density at radius 3 is 2.79 bits per heavy atom. The van der Waals surface area contributed by atoms with Gasteiger partial charge < -0.3 is 0 Å². The molecule has 0 spiro atoms. The first-order chi connectivity index (χ1) is 6.77. The van der Waals surface area contributed by atoms with Crippen molar-refractivity contribution in [3.8, 4) is 11.3 Å². The zero-order valence-corrected chi connectivity index (χ0v) is 7.92. The highest BCUT2D eigenvalue weighted by atomic mass is 35.5. The van der Waals surface area contributed by atoms with Crippen molar-refractivity contribution in [1.29, 1.82) is 0 Å². The molecule has 1 aromatic heterocycles. The normalized spacial score (nSPS) is 10.1. The molecular formula is C11H6ClFN. The summed E-state index contributed by atoms with van der Waals surface area (Å²) < 4.78 is 13.1. The maximum atomic E-state index is 13.1. The van der Waals surface area contributed by atoms with E-state index in [9.17, 15) is 4.39 Å². The number of nitrogens with zero attached hydrogens (tertiary/aromatic N) is 1. The standard InChI is InChI=1S/C11H6ClFN/c12-9-5-4-8(7-10(9)13)11-3-1-2-6-14-11/h1,3-7H. The number of rotatable bonds is 1. The Morgan fingerprint density at radius 2 is 2.14 bits per heavy atom. The fraction of sp³-hybridized carbons (Fsp3) is 0. The number of hydrogen-bond acceptors (Lipinski definition) is 1. The molecule has 1 aromatic carbocycles. The van der Waals surface area contributed by atoms with E-state index in [4.69, 9.17) is 11.6 Å². The van der Waals surface area contributed by atoms with Crippen LogP contribution in [-0.2, 0) is 0 Å². The molecule has 0 unspecified atom stereocenters. The highest BCUT2D eigenvalue weighted by molar-refractivity contribution is 6.30. The molecule has 1 radical (unpaired) electrons. The molecule has 0 saturated carbocycles. The molecule has 3 heteroatoms. The first kappa shape index (κ1) is 9.16. The lowest BCUT2D eigenvalue weighted by Gasteiger charge is -2.00. The van der Waals surface area contributed by atoms with Gasteiger partial charge in [0, 0.05) is 17.8 Å². The van der Waals surface area contributed by atoms with Crippen LogP contribution in [0.5, 0.6) is 0 Å². The Balaban J connectivity index is 2.48. The van der Waals surface area contributed by atoms with Crippen LogP contribution in [0, 0.1) is 11.9 Å². The Kier molecular flexibility index (Phi) is 2.46. The summed E-state index contributed by atoms with van der Waals surface area (Å²) in [4.78, 5) is 4.05. The Morgan fingerprint density at radius 1 is 1.29 bits per heavy atom. The smallest absolute Gasteiger partial charge is 0.142 e. The van der Waals surface area contributed by atoms with E-state index in [0.717, 1.165) is 0 Å². The number of hydrogen-bond donors (Lipinski definition) is 0. The molecule has 14 heavy (non-hydrogen) atoms. The van der Waals surface area contributed by atoms with E-state index in [-0.39, 0.29) is 5.02 Å². The van der Waals surface area contributed by atoms with Crippen LogP contribution in [0.3, 0.4) is 0 Å². The van der Waals surface area contributed by atoms with Gasteiger partial charge in [0.15, 0.2) is 0 Å². The van der Waals surface area contributed by atoms with E-state index in [1.807, 2.05) is 0 Å². The molecule has 0 N–H and O–H groups in total. The van der Waals surface area contributed by atoms with Crippen LogP contribution in [0.4, 0.5) is 4.39 Å². The summed E-state index contributed by atoms with van der Waals surface area (Å²) >= 11 is 5.57. The van der Waals surface area contributed by atoms with Crippen molar-refractivity contribution in [3.05, 3.63) is 53.4 Å². The summed E-state index contributed by atoms with van der Waals surface area (Å²) in [6.07, 6.45) is 1.54. The minimum absolute atomic E-state index is 0.122. The molecule has 0 aliphatic heterocycles. The maximum Gasteiger partial charge on any atom is 0.142 e. The Hall–Kier alpha value is -1.41.